The molecule has 0 amide bonds. The number of Topliss-reactive ketones (excluding diaryl/α,β-unsaturated/α-hetero) is 1. The molecule has 0 aliphatic carbocycles. The van der Waals surface area contributed by atoms with E-state index in [9.17, 15) is 4.79 Å². The van der Waals surface area contributed by atoms with Crippen LogP contribution in [0.1, 0.15) is 38.2 Å². The first-order chi connectivity index (χ1) is 7.22. The van der Waals surface area contributed by atoms with E-state index in [1.54, 1.807) is 0 Å². The molecule has 0 atom stereocenters. The van der Waals surface area contributed by atoms with Gasteiger partial charge in [-0.3, -0.25) is 4.79 Å². The third-order valence-electron chi connectivity index (χ3n) is 2.35. The average Bonchev–Trinajstić information content (AvgIpc) is 2.18. The number of halogens is 1. The van der Waals surface area contributed by atoms with Crippen molar-refractivity contribution in [2.45, 2.75) is 39.0 Å². The zero-order valence-corrected chi connectivity index (χ0v) is 10.7. The Hall–Kier alpha value is -0.630. The highest BCUT2D eigenvalue weighted by Gasteiger charge is 2.03. The van der Waals surface area contributed by atoms with Crippen molar-refractivity contribution in [1.82, 2.24) is 0 Å². The van der Waals surface area contributed by atoms with Crippen LogP contribution in [0.2, 0.25) is 0 Å². The Bertz CT molecular complexity index is 320. The largest absolute Gasteiger partial charge is 0.299 e. The van der Waals surface area contributed by atoms with E-state index in [0.717, 1.165) is 29.3 Å². The molecule has 0 fully saturated rings. The fraction of sp³-hybridized carbons (Fsp3) is 0.462. The first-order valence-corrected chi connectivity index (χ1v) is 6.28. The summed E-state index contributed by atoms with van der Waals surface area (Å²) < 4.78 is 1.04. The number of hydrogen-bond donors (Lipinski definition) is 0. The van der Waals surface area contributed by atoms with Gasteiger partial charge in [0.15, 0.2) is 0 Å². The van der Waals surface area contributed by atoms with Gasteiger partial charge < -0.3 is 0 Å². The third-order valence-corrected chi connectivity index (χ3v) is 2.84. The lowest BCUT2D eigenvalue weighted by Crippen LogP contribution is -2.02. The summed E-state index contributed by atoms with van der Waals surface area (Å²) in [5, 5.41) is 0. The topological polar surface area (TPSA) is 17.1 Å². The highest BCUT2D eigenvalue weighted by atomic mass is 79.9. The lowest BCUT2D eigenvalue weighted by Gasteiger charge is -2.01. The molecule has 0 saturated heterocycles. The molecule has 0 N–H and O–H groups in total. The molecule has 0 aliphatic heterocycles. The van der Waals surface area contributed by atoms with E-state index in [2.05, 4.69) is 22.9 Å². The number of hydrogen-bond acceptors (Lipinski definition) is 1. The summed E-state index contributed by atoms with van der Waals surface area (Å²) in [6.07, 6.45) is 4.65. The summed E-state index contributed by atoms with van der Waals surface area (Å²) in [5.41, 5.74) is 1.10. The molecule has 0 saturated carbocycles. The third kappa shape index (κ3) is 5.12. The number of carbonyl (C=O) groups excluding carboxylic acids is 1. The van der Waals surface area contributed by atoms with E-state index < -0.39 is 0 Å². The summed E-state index contributed by atoms with van der Waals surface area (Å²) in [4.78, 5) is 11.6. The first kappa shape index (κ1) is 12.4. The SMILES string of the molecule is CCCCCC(=O)Cc1cccc(Br)c1. The molecule has 0 aromatic heterocycles. The van der Waals surface area contributed by atoms with Crippen molar-refractivity contribution in [3.8, 4) is 0 Å². The Labute approximate surface area is 100 Å². The number of rotatable bonds is 6. The molecule has 1 aromatic rings. The van der Waals surface area contributed by atoms with Crippen molar-refractivity contribution in [2.75, 3.05) is 0 Å². The van der Waals surface area contributed by atoms with Crippen LogP contribution >= 0.6 is 15.9 Å². The standard InChI is InChI=1S/C13H17BrO/c1-2-3-4-8-13(15)10-11-6-5-7-12(14)9-11/h5-7,9H,2-4,8,10H2,1H3. The van der Waals surface area contributed by atoms with Crippen molar-refractivity contribution < 1.29 is 4.79 Å². The fourth-order valence-corrected chi connectivity index (χ4v) is 1.98. The molecule has 0 aliphatic rings. The van der Waals surface area contributed by atoms with Gasteiger partial charge in [-0.2, -0.15) is 0 Å². The van der Waals surface area contributed by atoms with Gasteiger partial charge in [0.05, 0.1) is 0 Å². The first-order valence-electron chi connectivity index (χ1n) is 5.48. The quantitative estimate of drug-likeness (QED) is 0.709. The number of benzene rings is 1. The van der Waals surface area contributed by atoms with Gasteiger partial charge in [-0.25, -0.2) is 0 Å². The van der Waals surface area contributed by atoms with E-state index in [0.29, 0.717) is 12.2 Å². The molecule has 0 radical (unpaired) electrons. The van der Waals surface area contributed by atoms with Crippen LogP contribution in [0, 0.1) is 0 Å². The number of unbranched alkanes of at least 4 members (excludes halogenated alkanes) is 2. The summed E-state index contributed by atoms with van der Waals surface area (Å²) in [6.45, 7) is 2.15. The van der Waals surface area contributed by atoms with Crippen LogP contribution in [0.5, 0.6) is 0 Å². The lowest BCUT2D eigenvalue weighted by atomic mass is 10.0. The van der Waals surface area contributed by atoms with Crippen LogP contribution in [0.3, 0.4) is 0 Å². The van der Waals surface area contributed by atoms with Crippen LogP contribution in [0.15, 0.2) is 28.7 Å². The minimum Gasteiger partial charge on any atom is -0.299 e. The normalized spacial score (nSPS) is 10.3. The van der Waals surface area contributed by atoms with E-state index >= 15 is 0 Å². The van der Waals surface area contributed by atoms with Gasteiger partial charge >= 0.3 is 0 Å². The van der Waals surface area contributed by atoms with Gasteiger partial charge in [0.25, 0.3) is 0 Å². The van der Waals surface area contributed by atoms with Crippen LogP contribution in [-0.2, 0) is 11.2 Å². The Kier molecular flexibility index (Phi) is 5.62. The van der Waals surface area contributed by atoms with Crippen LogP contribution in [0.25, 0.3) is 0 Å². The predicted molar refractivity (Wildman–Crippen MR) is 67.0 cm³/mol. The van der Waals surface area contributed by atoms with E-state index in [1.165, 1.54) is 6.42 Å². The van der Waals surface area contributed by atoms with Crippen LogP contribution in [-0.4, -0.2) is 5.78 Å². The fourth-order valence-electron chi connectivity index (χ4n) is 1.54. The molecular weight excluding hydrogens is 252 g/mol. The molecule has 0 spiro atoms. The second-order valence-electron chi connectivity index (χ2n) is 3.80. The molecule has 15 heavy (non-hydrogen) atoms. The molecule has 82 valence electrons. The van der Waals surface area contributed by atoms with Crippen molar-refractivity contribution >= 4 is 21.7 Å². The van der Waals surface area contributed by atoms with Crippen molar-refractivity contribution in [2.24, 2.45) is 0 Å². The average molecular weight is 269 g/mol. The van der Waals surface area contributed by atoms with E-state index in [-0.39, 0.29) is 0 Å². The molecule has 1 nitrogen and oxygen atoms in total. The van der Waals surface area contributed by atoms with Crippen LogP contribution in [0.4, 0.5) is 0 Å². The minimum absolute atomic E-state index is 0.349. The maximum absolute atomic E-state index is 11.6. The minimum atomic E-state index is 0.349. The highest BCUT2D eigenvalue weighted by Crippen LogP contribution is 2.13. The van der Waals surface area contributed by atoms with Gasteiger partial charge in [-0.05, 0) is 24.1 Å². The van der Waals surface area contributed by atoms with Gasteiger partial charge in [0.2, 0.25) is 0 Å². The Morgan fingerprint density at radius 1 is 1.33 bits per heavy atom. The van der Waals surface area contributed by atoms with Crippen molar-refractivity contribution in [3.63, 3.8) is 0 Å². The molecule has 0 bridgehead atoms. The molecule has 1 aromatic carbocycles. The summed E-state index contributed by atoms with van der Waals surface area (Å²) in [7, 11) is 0. The van der Waals surface area contributed by atoms with Gasteiger partial charge in [-0.1, -0.05) is 47.8 Å². The zero-order chi connectivity index (χ0) is 11.1. The molecule has 0 heterocycles. The second kappa shape index (κ2) is 6.78. The molecular formula is C13H17BrO. The smallest absolute Gasteiger partial charge is 0.137 e. The Morgan fingerprint density at radius 3 is 2.80 bits per heavy atom. The molecule has 1 rings (SSSR count). The summed E-state index contributed by atoms with van der Waals surface area (Å²) in [6, 6.07) is 7.96. The van der Waals surface area contributed by atoms with Gasteiger partial charge in [0, 0.05) is 17.3 Å². The Balaban J connectivity index is 2.37. The zero-order valence-electron chi connectivity index (χ0n) is 9.13. The summed E-state index contributed by atoms with van der Waals surface area (Å²) in [5.74, 6) is 0.349. The number of ketones is 1. The molecule has 2 heteroatoms. The molecule has 0 unspecified atom stereocenters. The Morgan fingerprint density at radius 2 is 2.13 bits per heavy atom. The summed E-state index contributed by atoms with van der Waals surface area (Å²) >= 11 is 3.40. The maximum Gasteiger partial charge on any atom is 0.137 e. The lowest BCUT2D eigenvalue weighted by molar-refractivity contribution is -0.118. The van der Waals surface area contributed by atoms with Crippen LogP contribution < -0.4 is 0 Å². The number of carbonyl (C=O) groups is 1. The predicted octanol–water partition coefficient (Wildman–Crippen LogP) is 4.14. The van der Waals surface area contributed by atoms with E-state index in [1.807, 2.05) is 24.3 Å². The van der Waals surface area contributed by atoms with E-state index in [4.69, 9.17) is 0 Å². The monoisotopic (exact) mass is 268 g/mol. The maximum atomic E-state index is 11.6. The highest BCUT2D eigenvalue weighted by molar-refractivity contribution is 9.10. The van der Waals surface area contributed by atoms with Gasteiger partial charge in [-0.15, -0.1) is 0 Å². The van der Waals surface area contributed by atoms with Crippen molar-refractivity contribution in [3.05, 3.63) is 34.3 Å². The van der Waals surface area contributed by atoms with Crippen molar-refractivity contribution in [1.29, 1.82) is 0 Å². The van der Waals surface area contributed by atoms with Gasteiger partial charge in [0.1, 0.15) is 5.78 Å². The second-order valence-corrected chi connectivity index (χ2v) is 4.72.